The van der Waals surface area contributed by atoms with E-state index in [1.165, 1.54) is 19.9 Å². The summed E-state index contributed by atoms with van der Waals surface area (Å²) in [4.78, 5) is 12.6. The van der Waals surface area contributed by atoms with Crippen LogP contribution in [-0.4, -0.2) is 30.1 Å². The van der Waals surface area contributed by atoms with E-state index in [9.17, 15) is 22.4 Å². The van der Waals surface area contributed by atoms with Crippen LogP contribution in [0.3, 0.4) is 0 Å². The molecule has 0 fully saturated rings. The molecule has 0 radical (unpaired) electrons. The SMILES string of the molecule is CCN(CC(F)(F)F)C(=O)c1ccc(F)cc1C. The Hall–Kier alpha value is -1.59. The minimum Gasteiger partial charge on any atom is -0.330 e. The van der Waals surface area contributed by atoms with Crippen LogP contribution >= 0.6 is 0 Å². The number of aryl methyl sites for hydroxylation is 1. The summed E-state index contributed by atoms with van der Waals surface area (Å²) < 4.78 is 49.7. The summed E-state index contributed by atoms with van der Waals surface area (Å²) in [6, 6.07) is 3.38. The number of benzene rings is 1. The van der Waals surface area contributed by atoms with E-state index in [0.29, 0.717) is 10.5 Å². The van der Waals surface area contributed by atoms with E-state index in [2.05, 4.69) is 0 Å². The van der Waals surface area contributed by atoms with Gasteiger partial charge in [-0.1, -0.05) is 0 Å². The van der Waals surface area contributed by atoms with E-state index in [-0.39, 0.29) is 12.1 Å². The van der Waals surface area contributed by atoms with Crippen molar-refractivity contribution in [3.63, 3.8) is 0 Å². The second kappa shape index (κ2) is 5.37. The minimum atomic E-state index is -4.44. The lowest BCUT2D eigenvalue weighted by molar-refractivity contribution is -0.140. The van der Waals surface area contributed by atoms with E-state index in [1.54, 1.807) is 0 Å². The highest BCUT2D eigenvalue weighted by Crippen LogP contribution is 2.19. The zero-order valence-electron chi connectivity index (χ0n) is 10.0. The highest BCUT2D eigenvalue weighted by Gasteiger charge is 2.32. The number of halogens is 4. The Morgan fingerprint density at radius 1 is 1.33 bits per heavy atom. The maximum absolute atomic E-state index is 12.9. The van der Waals surface area contributed by atoms with Crippen LogP contribution < -0.4 is 0 Å². The average molecular weight is 263 g/mol. The third-order valence-electron chi connectivity index (χ3n) is 2.46. The first-order valence-corrected chi connectivity index (χ1v) is 5.36. The number of carbonyl (C=O) groups excluding carboxylic acids is 1. The van der Waals surface area contributed by atoms with Crippen molar-refractivity contribution in [1.82, 2.24) is 4.90 Å². The summed E-state index contributed by atoms with van der Waals surface area (Å²) in [7, 11) is 0. The highest BCUT2D eigenvalue weighted by molar-refractivity contribution is 5.95. The lowest BCUT2D eigenvalue weighted by Gasteiger charge is -2.23. The number of nitrogens with zero attached hydrogens (tertiary/aromatic N) is 1. The van der Waals surface area contributed by atoms with Crippen LogP contribution in [0.2, 0.25) is 0 Å². The predicted octanol–water partition coefficient (Wildman–Crippen LogP) is 3.16. The Bertz CT molecular complexity index is 442. The molecular formula is C12H13F4NO. The van der Waals surface area contributed by atoms with Gasteiger partial charge >= 0.3 is 6.18 Å². The lowest BCUT2D eigenvalue weighted by Crippen LogP contribution is -2.39. The van der Waals surface area contributed by atoms with Crippen molar-refractivity contribution in [2.75, 3.05) is 13.1 Å². The number of carbonyl (C=O) groups is 1. The van der Waals surface area contributed by atoms with Crippen LogP contribution in [-0.2, 0) is 0 Å². The predicted molar refractivity (Wildman–Crippen MR) is 58.8 cm³/mol. The standard InChI is InChI=1S/C12H13F4NO/c1-3-17(7-12(14,15)16)11(18)10-5-4-9(13)6-8(10)2/h4-6H,3,7H2,1-2H3. The van der Waals surface area contributed by atoms with Gasteiger partial charge in [-0.05, 0) is 37.6 Å². The van der Waals surface area contributed by atoms with E-state index in [0.717, 1.165) is 12.1 Å². The van der Waals surface area contributed by atoms with Crippen molar-refractivity contribution in [2.24, 2.45) is 0 Å². The van der Waals surface area contributed by atoms with Crippen LogP contribution in [0.4, 0.5) is 17.6 Å². The van der Waals surface area contributed by atoms with Crippen molar-refractivity contribution < 1.29 is 22.4 Å². The molecule has 1 amide bonds. The molecule has 6 heteroatoms. The summed E-state index contributed by atoms with van der Waals surface area (Å²) in [5, 5.41) is 0. The zero-order valence-corrected chi connectivity index (χ0v) is 10.0. The van der Waals surface area contributed by atoms with Gasteiger partial charge in [0, 0.05) is 12.1 Å². The van der Waals surface area contributed by atoms with E-state index in [1.807, 2.05) is 0 Å². The second-order valence-corrected chi connectivity index (χ2v) is 3.89. The molecule has 0 aliphatic rings. The maximum atomic E-state index is 12.9. The third-order valence-corrected chi connectivity index (χ3v) is 2.46. The van der Waals surface area contributed by atoms with Crippen LogP contribution in [0.15, 0.2) is 18.2 Å². The van der Waals surface area contributed by atoms with E-state index >= 15 is 0 Å². The van der Waals surface area contributed by atoms with Gasteiger partial charge in [0.2, 0.25) is 0 Å². The first-order chi connectivity index (χ1) is 8.24. The number of rotatable bonds is 3. The summed E-state index contributed by atoms with van der Waals surface area (Å²) in [6.07, 6.45) is -4.44. The van der Waals surface area contributed by atoms with Crippen molar-refractivity contribution in [3.05, 3.63) is 35.1 Å². The molecule has 1 aromatic carbocycles. The monoisotopic (exact) mass is 263 g/mol. The highest BCUT2D eigenvalue weighted by atomic mass is 19.4. The van der Waals surface area contributed by atoms with E-state index in [4.69, 9.17) is 0 Å². The summed E-state index contributed by atoms with van der Waals surface area (Å²) in [6.45, 7) is 1.58. The molecule has 0 saturated heterocycles. The smallest absolute Gasteiger partial charge is 0.330 e. The minimum absolute atomic E-state index is 0.0604. The van der Waals surface area contributed by atoms with Gasteiger partial charge in [-0.25, -0.2) is 4.39 Å². The fourth-order valence-corrected chi connectivity index (χ4v) is 1.58. The summed E-state index contributed by atoms with van der Waals surface area (Å²) >= 11 is 0. The number of hydrogen-bond acceptors (Lipinski definition) is 1. The summed E-state index contributed by atoms with van der Waals surface area (Å²) in [5.74, 6) is -1.27. The molecule has 0 heterocycles. The van der Waals surface area contributed by atoms with Crippen molar-refractivity contribution >= 4 is 5.91 Å². The molecular weight excluding hydrogens is 250 g/mol. The van der Waals surface area contributed by atoms with Gasteiger partial charge < -0.3 is 4.90 Å². The summed E-state index contributed by atoms with van der Waals surface area (Å²) in [5.41, 5.74) is 0.406. The fraction of sp³-hybridized carbons (Fsp3) is 0.417. The quantitative estimate of drug-likeness (QED) is 0.767. The molecule has 100 valence electrons. The van der Waals surface area contributed by atoms with Crippen LogP contribution in [0.5, 0.6) is 0 Å². The molecule has 0 aliphatic carbocycles. The molecule has 0 N–H and O–H groups in total. The van der Waals surface area contributed by atoms with Crippen molar-refractivity contribution in [2.45, 2.75) is 20.0 Å². The molecule has 0 atom stereocenters. The second-order valence-electron chi connectivity index (χ2n) is 3.89. The van der Waals surface area contributed by atoms with Crippen molar-refractivity contribution in [3.8, 4) is 0 Å². The molecule has 0 spiro atoms. The van der Waals surface area contributed by atoms with Gasteiger partial charge in [-0.15, -0.1) is 0 Å². The van der Waals surface area contributed by atoms with Gasteiger partial charge in [-0.3, -0.25) is 4.79 Å². The van der Waals surface area contributed by atoms with Gasteiger partial charge in [-0.2, -0.15) is 13.2 Å². The lowest BCUT2D eigenvalue weighted by atomic mass is 10.1. The first-order valence-electron chi connectivity index (χ1n) is 5.36. The Balaban J connectivity index is 2.97. The number of alkyl halides is 3. The fourth-order valence-electron chi connectivity index (χ4n) is 1.58. The maximum Gasteiger partial charge on any atom is 0.406 e. The molecule has 18 heavy (non-hydrogen) atoms. The molecule has 0 aliphatic heterocycles. The van der Waals surface area contributed by atoms with Gasteiger partial charge in [0.25, 0.3) is 5.91 Å². The van der Waals surface area contributed by atoms with Crippen LogP contribution in [0.25, 0.3) is 0 Å². The first kappa shape index (κ1) is 14.5. The van der Waals surface area contributed by atoms with Crippen LogP contribution in [0, 0.1) is 12.7 Å². The third kappa shape index (κ3) is 3.72. The molecule has 2 nitrogen and oxygen atoms in total. The largest absolute Gasteiger partial charge is 0.406 e. The van der Waals surface area contributed by atoms with Crippen LogP contribution in [0.1, 0.15) is 22.8 Å². The molecule has 0 saturated carbocycles. The Morgan fingerprint density at radius 3 is 2.39 bits per heavy atom. The molecule has 1 rings (SSSR count). The topological polar surface area (TPSA) is 20.3 Å². The molecule has 0 bridgehead atoms. The normalized spacial score (nSPS) is 11.4. The Labute approximate surface area is 102 Å². The average Bonchev–Trinajstić information content (AvgIpc) is 2.24. The Kier molecular flexibility index (Phi) is 4.32. The van der Waals surface area contributed by atoms with Gasteiger partial charge in [0.05, 0.1) is 0 Å². The molecule has 1 aromatic rings. The Morgan fingerprint density at radius 2 is 1.94 bits per heavy atom. The number of amides is 1. The van der Waals surface area contributed by atoms with Gasteiger partial charge in [0.1, 0.15) is 12.4 Å². The van der Waals surface area contributed by atoms with Gasteiger partial charge in [0.15, 0.2) is 0 Å². The zero-order chi connectivity index (χ0) is 13.9. The van der Waals surface area contributed by atoms with Crippen molar-refractivity contribution in [1.29, 1.82) is 0 Å². The van der Waals surface area contributed by atoms with E-state index < -0.39 is 24.4 Å². The number of hydrogen-bond donors (Lipinski definition) is 0. The molecule has 0 unspecified atom stereocenters. The molecule has 0 aromatic heterocycles.